The summed E-state index contributed by atoms with van der Waals surface area (Å²) in [5, 5.41) is 0. The predicted octanol–water partition coefficient (Wildman–Crippen LogP) is 4.16. The van der Waals surface area contributed by atoms with Gasteiger partial charge < -0.3 is 4.90 Å². The molecule has 2 heterocycles. The van der Waals surface area contributed by atoms with Crippen LogP contribution in [0, 0.1) is 13.8 Å². The number of piperidine rings is 2. The number of fused-ring (bicyclic) bond motifs is 2. The van der Waals surface area contributed by atoms with E-state index in [-0.39, 0.29) is 0 Å². The number of carbonyl (C=O) groups excluding carboxylic acids is 1. The second-order valence-corrected chi connectivity index (χ2v) is 6.86. The highest BCUT2D eigenvalue weighted by Gasteiger charge is 2.38. The molecule has 0 amide bonds. The lowest BCUT2D eigenvalue weighted by Gasteiger charge is -2.48. The Hall–Kier alpha value is -0.830. The summed E-state index contributed by atoms with van der Waals surface area (Å²) in [4.78, 5) is 14.4. The number of anilines is 1. The maximum atomic E-state index is 11.8. The molecule has 2 bridgehead atoms. The van der Waals surface area contributed by atoms with E-state index in [0.717, 1.165) is 25.7 Å². The van der Waals surface area contributed by atoms with Crippen LogP contribution in [0.1, 0.15) is 43.2 Å². The molecule has 0 N–H and O–H groups in total. The molecule has 2 fully saturated rings. The number of nitrogens with zero attached hydrogens (tertiary/aromatic N) is 1. The minimum atomic E-state index is 0.415. The lowest BCUT2D eigenvalue weighted by Crippen LogP contribution is -2.53. The normalized spacial score (nSPS) is 26.7. The third-order valence-corrected chi connectivity index (χ3v) is 5.05. The van der Waals surface area contributed by atoms with Crippen LogP contribution in [0.25, 0.3) is 0 Å². The van der Waals surface area contributed by atoms with Crippen LogP contribution < -0.4 is 4.90 Å². The zero-order valence-corrected chi connectivity index (χ0v) is 13.2. The van der Waals surface area contributed by atoms with Gasteiger partial charge in [-0.2, -0.15) is 0 Å². The predicted molar refractivity (Wildman–Crippen MR) is 81.8 cm³/mol. The summed E-state index contributed by atoms with van der Waals surface area (Å²) in [7, 11) is 0. The smallest absolute Gasteiger partial charge is 0.137 e. The van der Waals surface area contributed by atoms with Crippen LogP contribution >= 0.6 is 15.9 Å². The molecule has 0 aliphatic carbocycles. The fraction of sp³-hybridized carbons (Fsp3) is 0.562. The van der Waals surface area contributed by atoms with Crippen LogP contribution in [0.3, 0.4) is 0 Å². The van der Waals surface area contributed by atoms with Gasteiger partial charge in [0, 0.05) is 29.4 Å². The molecule has 0 aromatic heterocycles. The topological polar surface area (TPSA) is 20.3 Å². The highest BCUT2D eigenvalue weighted by molar-refractivity contribution is 9.10. The van der Waals surface area contributed by atoms with Crippen molar-refractivity contribution in [3.05, 3.63) is 27.7 Å². The summed E-state index contributed by atoms with van der Waals surface area (Å²) in [6, 6.07) is 5.26. The van der Waals surface area contributed by atoms with Crippen molar-refractivity contribution in [3.8, 4) is 0 Å². The average Bonchev–Trinajstić information content (AvgIpc) is 2.28. The molecule has 2 aliphatic heterocycles. The minimum Gasteiger partial charge on any atom is -0.364 e. The number of Topliss-reactive ketones (excluding diaryl/α,β-unsaturated/α-hetero) is 1. The fourth-order valence-electron chi connectivity index (χ4n) is 3.78. The van der Waals surface area contributed by atoms with Gasteiger partial charge in [-0.1, -0.05) is 6.07 Å². The summed E-state index contributed by atoms with van der Waals surface area (Å²) in [6.07, 6.45) is 5.04. The Morgan fingerprint density at radius 1 is 1.16 bits per heavy atom. The van der Waals surface area contributed by atoms with Crippen molar-refractivity contribution in [2.24, 2.45) is 0 Å². The second kappa shape index (κ2) is 4.93. The van der Waals surface area contributed by atoms with E-state index >= 15 is 0 Å². The number of rotatable bonds is 1. The Labute approximate surface area is 123 Å². The van der Waals surface area contributed by atoms with E-state index in [0.29, 0.717) is 17.9 Å². The number of hydrogen-bond acceptors (Lipinski definition) is 2. The molecule has 0 saturated carbocycles. The molecule has 2 nitrogen and oxygen atoms in total. The monoisotopic (exact) mass is 321 g/mol. The third-order valence-electron chi connectivity index (χ3n) is 4.44. The van der Waals surface area contributed by atoms with Gasteiger partial charge in [0.05, 0.1) is 5.69 Å². The lowest BCUT2D eigenvalue weighted by atomic mass is 9.83. The van der Waals surface area contributed by atoms with Gasteiger partial charge in [-0.3, -0.25) is 4.79 Å². The van der Waals surface area contributed by atoms with Crippen LogP contribution in [-0.4, -0.2) is 17.9 Å². The number of carbonyl (C=O) groups is 1. The van der Waals surface area contributed by atoms with Gasteiger partial charge in [-0.05, 0) is 66.2 Å². The van der Waals surface area contributed by atoms with Crippen LogP contribution in [0.2, 0.25) is 0 Å². The first-order valence-corrected chi connectivity index (χ1v) is 7.92. The minimum absolute atomic E-state index is 0.415. The molecule has 2 unspecified atom stereocenters. The lowest BCUT2D eigenvalue weighted by molar-refractivity contribution is -0.121. The zero-order valence-electron chi connectivity index (χ0n) is 11.6. The van der Waals surface area contributed by atoms with Gasteiger partial charge in [0.2, 0.25) is 0 Å². The van der Waals surface area contributed by atoms with Crippen LogP contribution in [0.5, 0.6) is 0 Å². The van der Waals surface area contributed by atoms with E-state index in [1.807, 2.05) is 0 Å². The molecule has 1 aromatic rings. The number of hydrogen-bond donors (Lipinski definition) is 0. The van der Waals surface area contributed by atoms with Crippen LogP contribution in [-0.2, 0) is 4.79 Å². The summed E-state index contributed by atoms with van der Waals surface area (Å²) < 4.78 is 1.18. The Morgan fingerprint density at radius 2 is 1.79 bits per heavy atom. The molecule has 19 heavy (non-hydrogen) atoms. The maximum Gasteiger partial charge on any atom is 0.137 e. The summed E-state index contributed by atoms with van der Waals surface area (Å²) >= 11 is 3.73. The number of benzene rings is 1. The van der Waals surface area contributed by atoms with Gasteiger partial charge in [-0.15, -0.1) is 0 Å². The molecule has 2 saturated heterocycles. The molecule has 0 radical (unpaired) electrons. The van der Waals surface area contributed by atoms with E-state index < -0.39 is 0 Å². The first-order valence-electron chi connectivity index (χ1n) is 7.13. The van der Waals surface area contributed by atoms with Gasteiger partial charge >= 0.3 is 0 Å². The number of aryl methyl sites for hydroxylation is 2. The first-order chi connectivity index (χ1) is 9.06. The summed E-state index contributed by atoms with van der Waals surface area (Å²) in [5.74, 6) is 0.451. The van der Waals surface area contributed by atoms with Crippen molar-refractivity contribution in [2.75, 3.05) is 4.90 Å². The maximum absolute atomic E-state index is 11.8. The van der Waals surface area contributed by atoms with Gasteiger partial charge in [0.25, 0.3) is 0 Å². The van der Waals surface area contributed by atoms with Crippen LogP contribution in [0.4, 0.5) is 5.69 Å². The van der Waals surface area contributed by atoms with Crippen molar-refractivity contribution in [1.82, 2.24) is 0 Å². The Kier molecular flexibility index (Phi) is 3.42. The molecule has 3 rings (SSSR count). The van der Waals surface area contributed by atoms with Gasteiger partial charge in [0.1, 0.15) is 5.78 Å². The van der Waals surface area contributed by atoms with E-state index in [9.17, 15) is 4.79 Å². The van der Waals surface area contributed by atoms with E-state index in [4.69, 9.17) is 0 Å². The molecule has 3 heteroatoms. The quantitative estimate of drug-likeness (QED) is 0.774. The Balaban J connectivity index is 2.04. The molecule has 102 valence electrons. The van der Waals surface area contributed by atoms with Gasteiger partial charge in [-0.25, -0.2) is 0 Å². The van der Waals surface area contributed by atoms with Crippen molar-refractivity contribution < 1.29 is 4.79 Å². The van der Waals surface area contributed by atoms with Gasteiger partial charge in [0.15, 0.2) is 0 Å². The largest absolute Gasteiger partial charge is 0.364 e. The van der Waals surface area contributed by atoms with Crippen molar-refractivity contribution in [2.45, 2.75) is 58.0 Å². The second-order valence-electron chi connectivity index (χ2n) is 6.00. The Morgan fingerprint density at radius 3 is 2.37 bits per heavy atom. The van der Waals surface area contributed by atoms with Crippen molar-refractivity contribution in [1.29, 1.82) is 0 Å². The van der Waals surface area contributed by atoms with Crippen LogP contribution in [0.15, 0.2) is 16.6 Å². The molecule has 0 spiro atoms. The highest BCUT2D eigenvalue weighted by Crippen LogP contribution is 2.41. The van der Waals surface area contributed by atoms with E-state index in [1.165, 1.54) is 27.7 Å². The standard InChI is InChI=1S/C16H20BrNO/c1-10-6-11(2)16(15(17)7-10)18-12-4-3-5-13(18)9-14(19)8-12/h6-7,12-13H,3-5,8-9H2,1-2H3. The number of halogens is 1. The molecule has 2 aliphatic rings. The highest BCUT2D eigenvalue weighted by atomic mass is 79.9. The molecule has 2 atom stereocenters. The van der Waals surface area contributed by atoms with Crippen molar-refractivity contribution in [3.63, 3.8) is 0 Å². The third kappa shape index (κ3) is 2.33. The molecular formula is C16H20BrNO. The Bertz CT molecular complexity index is 486. The SMILES string of the molecule is Cc1cc(C)c(N2C3CCCC2CC(=O)C3)c(Br)c1. The average molecular weight is 322 g/mol. The molecular weight excluding hydrogens is 302 g/mol. The summed E-state index contributed by atoms with van der Waals surface area (Å²) in [6.45, 7) is 4.31. The molecule has 1 aromatic carbocycles. The summed E-state index contributed by atoms with van der Waals surface area (Å²) in [5.41, 5.74) is 3.91. The zero-order chi connectivity index (χ0) is 13.6. The van der Waals surface area contributed by atoms with Crippen molar-refractivity contribution >= 4 is 27.4 Å². The van der Waals surface area contributed by atoms with E-state index in [1.54, 1.807) is 0 Å². The number of ketones is 1. The fourth-order valence-corrected chi connectivity index (χ4v) is 4.65. The first kappa shape index (κ1) is 13.2. The van der Waals surface area contributed by atoms with E-state index in [2.05, 4.69) is 46.8 Å².